The Morgan fingerprint density at radius 1 is 0.552 bits per heavy atom. The van der Waals surface area contributed by atoms with Gasteiger partial charge in [0, 0.05) is 13.0 Å². The van der Waals surface area contributed by atoms with Crippen LogP contribution in [0.15, 0.2) is 36.5 Å². The van der Waals surface area contributed by atoms with Crippen LogP contribution in [0.4, 0.5) is 0 Å². The average molecular weight is 823 g/mol. The molecule has 0 amide bonds. The first-order chi connectivity index (χ1) is 28.4. The maximum atomic E-state index is 12.7. The number of ether oxygens (including phenoxy) is 4. The highest BCUT2D eigenvalue weighted by Gasteiger charge is 2.44. The van der Waals surface area contributed by atoms with Crippen molar-refractivity contribution < 1.29 is 44.2 Å². The smallest absolute Gasteiger partial charge is 0.306 e. The van der Waals surface area contributed by atoms with Crippen molar-refractivity contribution >= 4 is 5.97 Å². The van der Waals surface area contributed by atoms with E-state index < -0.39 is 43.4 Å². The van der Waals surface area contributed by atoms with Crippen LogP contribution in [0.1, 0.15) is 206 Å². The van der Waals surface area contributed by atoms with Crippen molar-refractivity contribution in [2.75, 3.05) is 26.4 Å². The van der Waals surface area contributed by atoms with Crippen LogP contribution >= 0.6 is 0 Å². The van der Waals surface area contributed by atoms with Crippen LogP contribution in [-0.4, -0.2) is 89.6 Å². The van der Waals surface area contributed by atoms with Gasteiger partial charge >= 0.3 is 5.97 Å². The third-order valence-electron chi connectivity index (χ3n) is 11.0. The zero-order valence-corrected chi connectivity index (χ0v) is 37.3. The number of hydrogen-bond acceptors (Lipinski definition) is 9. The second kappa shape index (κ2) is 40.8. The minimum Gasteiger partial charge on any atom is -0.457 e. The molecular weight excluding hydrogens is 733 g/mol. The molecule has 0 spiro atoms. The molecule has 1 rings (SSSR count). The molecule has 0 aromatic rings. The fraction of sp³-hybridized carbons (Fsp3) is 0.857. The summed E-state index contributed by atoms with van der Waals surface area (Å²) in [7, 11) is 0. The SMILES string of the molecule is CCCC/C=C\CCCCCCCC(=O)OC(COCCCCCCCCCCCCCC/C=C\C/C=C\CCCCCCC)COC1OC(CO)C(O)C(O)C1O. The highest BCUT2D eigenvalue weighted by Crippen LogP contribution is 2.23. The summed E-state index contributed by atoms with van der Waals surface area (Å²) in [5, 5.41) is 40.1. The maximum Gasteiger partial charge on any atom is 0.306 e. The molecular formula is C49H90O9. The maximum absolute atomic E-state index is 12.7. The minimum absolute atomic E-state index is 0.116. The third kappa shape index (κ3) is 31.3. The van der Waals surface area contributed by atoms with Gasteiger partial charge < -0.3 is 39.4 Å². The lowest BCUT2D eigenvalue weighted by Gasteiger charge is -2.39. The van der Waals surface area contributed by atoms with E-state index in [1.165, 1.54) is 128 Å². The third-order valence-corrected chi connectivity index (χ3v) is 11.0. The number of carbonyl (C=O) groups is 1. The van der Waals surface area contributed by atoms with Crippen LogP contribution in [0, 0.1) is 0 Å². The Kier molecular flexibility index (Phi) is 38.3. The van der Waals surface area contributed by atoms with Crippen LogP contribution in [0.25, 0.3) is 0 Å². The van der Waals surface area contributed by atoms with Crippen molar-refractivity contribution in [3.05, 3.63) is 36.5 Å². The largest absolute Gasteiger partial charge is 0.457 e. The lowest BCUT2D eigenvalue weighted by Crippen LogP contribution is -2.59. The first kappa shape index (κ1) is 54.4. The molecule has 9 nitrogen and oxygen atoms in total. The summed E-state index contributed by atoms with van der Waals surface area (Å²) in [5.41, 5.74) is 0. The standard InChI is InChI=1S/C49H90O9/c1-3-5-7-9-11-13-15-16-17-18-19-20-21-22-23-24-25-26-27-29-31-33-35-37-39-55-41-43(42-56-49-48(54)47(53)46(52)44(40-50)58-49)57-45(51)38-36-34-32-30-28-14-12-10-8-6-4-2/h10,12,15-16,18-19,43-44,46-50,52-54H,3-9,11,13-14,17,20-42H2,1-2H3/b12-10-,16-15-,19-18-. The molecule has 1 saturated heterocycles. The van der Waals surface area contributed by atoms with Gasteiger partial charge in [-0.05, 0) is 64.2 Å². The molecule has 4 N–H and O–H groups in total. The molecule has 0 aliphatic carbocycles. The Morgan fingerprint density at radius 2 is 1.02 bits per heavy atom. The lowest BCUT2D eigenvalue weighted by atomic mass is 9.99. The molecule has 0 bridgehead atoms. The van der Waals surface area contributed by atoms with E-state index in [4.69, 9.17) is 18.9 Å². The minimum atomic E-state index is -1.54. The van der Waals surface area contributed by atoms with Crippen molar-refractivity contribution in [3.63, 3.8) is 0 Å². The molecule has 1 heterocycles. The molecule has 340 valence electrons. The number of aliphatic hydroxyl groups excluding tert-OH is 4. The number of carbonyl (C=O) groups excluding carboxylic acids is 1. The monoisotopic (exact) mass is 823 g/mol. The van der Waals surface area contributed by atoms with Gasteiger partial charge in [0.15, 0.2) is 6.29 Å². The van der Waals surface area contributed by atoms with Crippen LogP contribution in [0.2, 0.25) is 0 Å². The van der Waals surface area contributed by atoms with Crippen LogP contribution < -0.4 is 0 Å². The Morgan fingerprint density at radius 3 is 1.55 bits per heavy atom. The average Bonchev–Trinajstić information content (AvgIpc) is 3.22. The van der Waals surface area contributed by atoms with Gasteiger partial charge in [0.05, 0.1) is 19.8 Å². The van der Waals surface area contributed by atoms with Crippen LogP contribution in [0.5, 0.6) is 0 Å². The Bertz CT molecular complexity index is 983. The van der Waals surface area contributed by atoms with Crippen molar-refractivity contribution in [1.29, 1.82) is 0 Å². The van der Waals surface area contributed by atoms with Gasteiger partial charge in [-0.15, -0.1) is 0 Å². The summed E-state index contributed by atoms with van der Waals surface area (Å²) < 4.78 is 22.8. The second-order valence-electron chi connectivity index (χ2n) is 16.6. The highest BCUT2D eigenvalue weighted by atomic mass is 16.7. The van der Waals surface area contributed by atoms with Gasteiger partial charge in [-0.1, -0.05) is 172 Å². The lowest BCUT2D eigenvalue weighted by molar-refractivity contribution is -0.305. The summed E-state index contributed by atoms with van der Waals surface area (Å²) in [6.45, 7) is 4.51. The summed E-state index contributed by atoms with van der Waals surface area (Å²) in [6.07, 6.45) is 41.8. The summed E-state index contributed by atoms with van der Waals surface area (Å²) >= 11 is 0. The molecule has 0 aromatic carbocycles. The fourth-order valence-corrected chi connectivity index (χ4v) is 7.21. The van der Waals surface area contributed by atoms with Crippen LogP contribution in [0.3, 0.4) is 0 Å². The molecule has 1 aliphatic rings. The molecule has 6 atom stereocenters. The Hall–Kier alpha value is -1.59. The van der Waals surface area contributed by atoms with Crippen molar-refractivity contribution in [3.8, 4) is 0 Å². The van der Waals surface area contributed by atoms with Gasteiger partial charge in [-0.3, -0.25) is 4.79 Å². The molecule has 9 heteroatoms. The number of aliphatic hydroxyl groups is 4. The highest BCUT2D eigenvalue weighted by molar-refractivity contribution is 5.69. The van der Waals surface area contributed by atoms with Crippen molar-refractivity contribution in [2.45, 2.75) is 243 Å². The zero-order chi connectivity index (χ0) is 42.2. The quantitative estimate of drug-likeness (QED) is 0.0270. The first-order valence-electron chi connectivity index (χ1n) is 24.1. The van der Waals surface area contributed by atoms with E-state index >= 15 is 0 Å². The fourth-order valence-electron chi connectivity index (χ4n) is 7.21. The summed E-state index contributed by atoms with van der Waals surface area (Å²) in [6, 6.07) is 0. The molecule has 0 radical (unpaired) electrons. The van der Waals surface area contributed by atoms with Crippen LogP contribution in [-0.2, 0) is 23.7 Å². The van der Waals surface area contributed by atoms with E-state index in [1.54, 1.807) is 0 Å². The molecule has 6 unspecified atom stereocenters. The molecule has 58 heavy (non-hydrogen) atoms. The Labute approximate surface area is 355 Å². The van der Waals surface area contributed by atoms with E-state index in [9.17, 15) is 25.2 Å². The number of allylic oxidation sites excluding steroid dienone is 6. The van der Waals surface area contributed by atoms with E-state index in [2.05, 4.69) is 50.3 Å². The van der Waals surface area contributed by atoms with Gasteiger partial charge in [-0.25, -0.2) is 0 Å². The number of rotatable bonds is 41. The number of hydrogen-bond donors (Lipinski definition) is 4. The van der Waals surface area contributed by atoms with Gasteiger partial charge in [0.2, 0.25) is 0 Å². The molecule has 0 aromatic heterocycles. The van der Waals surface area contributed by atoms with Gasteiger partial charge in [0.25, 0.3) is 0 Å². The van der Waals surface area contributed by atoms with Gasteiger partial charge in [-0.2, -0.15) is 0 Å². The molecule has 0 saturated carbocycles. The Balaban J connectivity index is 2.17. The van der Waals surface area contributed by atoms with E-state index in [0.717, 1.165) is 57.8 Å². The molecule has 1 aliphatic heterocycles. The molecule has 1 fully saturated rings. The predicted molar refractivity (Wildman–Crippen MR) is 238 cm³/mol. The zero-order valence-electron chi connectivity index (χ0n) is 37.3. The van der Waals surface area contributed by atoms with Crippen molar-refractivity contribution in [2.24, 2.45) is 0 Å². The number of esters is 1. The summed E-state index contributed by atoms with van der Waals surface area (Å²) in [5.74, 6) is -0.324. The summed E-state index contributed by atoms with van der Waals surface area (Å²) in [4.78, 5) is 12.7. The second-order valence-corrected chi connectivity index (χ2v) is 16.6. The predicted octanol–water partition coefficient (Wildman–Crippen LogP) is 11.1. The van der Waals surface area contributed by atoms with E-state index in [1.807, 2.05) is 0 Å². The van der Waals surface area contributed by atoms with Gasteiger partial charge in [0.1, 0.15) is 30.5 Å². The van der Waals surface area contributed by atoms with Crippen molar-refractivity contribution in [1.82, 2.24) is 0 Å². The van der Waals surface area contributed by atoms with E-state index in [0.29, 0.717) is 13.0 Å². The normalized spacial score (nSPS) is 20.6. The number of unbranched alkanes of at least 4 members (excludes halogenated alkanes) is 24. The van der Waals surface area contributed by atoms with E-state index in [-0.39, 0.29) is 19.2 Å². The topological polar surface area (TPSA) is 135 Å². The first-order valence-corrected chi connectivity index (χ1v) is 24.1.